The van der Waals surface area contributed by atoms with Crippen LogP contribution in [-0.4, -0.2) is 11.1 Å². The van der Waals surface area contributed by atoms with Gasteiger partial charge in [0.05, 0.1) is 11.8 Å². The first-order valence-electron chi connectivity index (χ1n) is 6.25. The van der Waals surface area contributed by atoms with E-state index in [2.05, 4.69) is 0 Å². The van der Waals surface area contributed by atoms with Gasteiger partial charge in [-0.3, -0.25) is 0 Å². The minimum atomic E-state index is -1.00. The van der Waals surface area contributed by atoms with Gasteiger partial charge in [0, 0.05) is 17.0 Å². The van der Waals surface area contributed by atoms with Gasteiger partial charge < -0.3 is 14.3 Å². The molecule has 0 saturated heterocycles. The Morgan fingerprint density at radius 3 is 2.86 bits per heavy atom. The maximum absolute atomic E-state index is 13.1. The summed E-state index contributed by atoms with van der Waals surface area (Å²) in [7, 11) is 0. The second kappa shape index (κ2) is 5.28. The van der Waals surface area contributed by atoms with Crippen molar-refractivity contribution in [1.82, 2.24) is 0 Å². The summed E-state index contributed by atoms with van der Waals surface area (Å²) in [6.07, 6.45) is 1.51. The van der Waals surface area contributed by atoms with Gasteiger partial charge in [-0.1, -0.05) is 6.07 Å². The van der Waals surface area contributed by atoms with Crippen molar-refractivity contribution in [2.24, 2.45) is 0 Å². The Morgan fingerprint density at radius 2 is 2.10 bits per heavy atom. The van der Waals surface area contributed by atoms with E-state index in [0.29, 0.717) is 22.3 Å². The number of hydrogen-bond acceptors (Lipinski definition) is 3. The third kappa shape index (κ3) is 2.72. The summed E-state index contributed by atoms with van der Waals surface area (Å²) in [5.41, 5.74) is 1.46. The number of halogens is 1. The van der Waals surface area contributed by atoms with Crippen LogP contribution in [0.1, 0.15) is 15.9 Å². The quantitative estimate of drug-likeness (QED) is 0.791. The van der Waals surface area contributed by atoms with Crippen molar-refractivity contribution in [2.45, 2.75) is 6.61 Å². The molecule has 4 nitrogen and oxygen atoms in total. The molecule has 0 aliphatic rings. The highest BCUT2D eigenvalue weighted by Crippen LogP contribution is 2.24. The molecule has 0 aliphatic carbocycles. The van der Waals surface area contributed by atoms with Crippen LogP contribution in [0.5, 0.6) is 5.75 Å². The predicted molar refractivity (Wildman–Crippen MR) is 73.9 cm³/mol. The lowest BCUT2D eigenvalue weighted by molar-refractivity contribution is 0.0697. The topological polar surface area (TPSA) is 59.7 Å². The van der Waals surface area contributed by atoms with E-state index in [1.54, 1.807) is 18.2 Å². The van der Waals surface area contributed by atoms with Gasteiger partial charge >= 0.3 is 5.97 Å². The minimum Gasteiger partial charge on any atom is -0.489 e. The minimum absolute atomic E-state index is 0.166. The zero-order valence-corrected chi connectivity index (χ0v) is 10.9. The first kappa shape index (κ1) is 13.2. The number of aromatic carboxylic acids is 1. The fourth-order valence-electron chi connectivity index (χ4n) is 2.04. The van der Waals surface area contributed by atoms with Crippen LogP contribution in [-0.2, 0) is 6.61 Å². The fraction of sp³-hybridized carbons (Fsp3) is 0.0625. The van der Waals surface area contributed by atoms with Gasteiger partial charge in [0.1, 0.15) is 23.8 Å². The molecule has 0 amide bonds. The number of carboxylic acids is 1. The van der Waals surface area contributed by atoms with Crippen molar-refractivity contribution in [2.75, 3.05) is 0 Å². The van der Waals surface area contributed by atoms with E-state index in [1.807, 2.05) is 0 Å². The van der Waals surface area contributed by atoms with E-state index in [-0.39, 0.29) is 18.0 Å². The van der Waals surface area contributed by atoms with Crippen LogP contribution in [0.3, 0.4) is 0 Å². The van der Waals surface area contributed by atoms with Gasteiger partial charge in [-0.05, 0) is 30.3 Å². The Labute approximate surface area is 119 Å². The highest BCUT2D eigenvalue weighted by atomic mass is 19.1. The maximum atomic E-state index is 13.1. The van der Waals surface area contributed by atoms with Gasteiger partial charge in [-0.2, -0.15) is 0 Å². The van der Waals surface area contributed by atoms with E-state index in [0.717, 1.165) is 0 Å². The van der Waals surface area contributed by atoms with E-state index >= 15 is 0 Å². The summed E-state index contributed by atoms with van der Waals surface area (Å²) in [4.78, 5) is 11.0. The Bertz CT molecular complexity index is 807. The lowest BCUT2D eigenvalue weighted by Gasteiger charge is -2.05. The van der Waals surface area contributed by atoms with Crippen molar-refractivity contribution >= 4 is 16.9 Å². The molecule has 0 saturated carbocycles. The van der Waals surface area contributed by atoms with E-state index in [9.17, 15) is 9.18 Å². The molecule has 0 atom stereocenters. The van der Waals surface area contributed by atoms with Crippen LogP contribution in [0.25, 0.3) is 11.0 Å². The van der Waals surface area contributed by atoms with Crippen molar-refractivity contribution in [1.29, 1.82) is 0 Å². The SMILES string of the molecule is O=C(O)c1ccc2occ(COc3cccc(F)c3)c2c1. The highest BCUT2D eigenvalue weighted by molar-refractivity contribution is 5.93. The summed E-state index contributed by atoms with van der Waals surface area (Å²) in [5.74, 6) is -0.980. The first-order chi connectivity index (χ1) is 10.1. The zero-order chi connectivity index (χ0) is 14.8. The molecule has 0 radical (unpaired) electrons. The van der Waals surface area contributed by atoms with Crippen LogP contribution < -0.4 is 4.74 Å². The van der Waals surface area contributed by atoms with Crippen molar-refractivity contribution < 1.29 is 23.4 Å². The summed E-state index contributed by atoms with van der Waals surface area (Å²) >= 11 is 0. The molecule has 1 heterocycles. The number of fused-ring (bicyclic) bond motifs is 1. The molecule has 1 N–H and O–H groups in total. The number of hydrogen-bond donors (Lipinski definition) is 1. The van der Waals surface area contributed by atoms with Crippen molar-refractivity contribution in [3.8, 4) is 5.75 Å². The molecular weight excluding hydrogens is 275 g/mol. The van der Waals surface area contributed by atoms with Gasteiger partial charge in [-0.25, -0.2) is 9.18 Å². The number of carbonyl (C=O) groups is 1. The molecule has 0 bridgehead atoms. The Hall–Kier alpha value is -2.82. The monoisotopic (exact) mass is 286 g/mol. The second-order valence-corrected chi connectivity index (χ2v) is 4.52. The predicted octanol–water partition coefficient (Wildman–Crippen LogP) is 3.85. The fourth-order valence-corrected chi connectivity index (χ4v) is 2.04. The van der Waals surface area contributed by atoms with Gasteiger partial charge in [0.25, 0.3) is 0 Å². The van der Waals surface area contributed by atoms with Crippen molar-refractivity contribution in [3.63, 3.8) is 0 Å². The molecule has 0 unspecified atom stereocenters. The summed E-state index contributed by atoms with van der Waals surface area (Å²) in [6.45, 7) is 0.166. The molecule has 2 aromatic carbocycles. The number of benzene rings is 2. The molecular formula is C16H11FO4. The molecule has 5 heteroatoms. The lowest BCUT2D eigenvalue weighted by Crippen LogP contribution is -1.97. The number of ether oxygens (including phenoxy) is 1. The summed E-state index contributed by atoms with van der Waals surface area (Å²) in [5, 5.41) is 9.68. The Kier molecular flexibility index (Phi) is 3.31. The largest absolute Gasteiger partial charge is 0.489 e. The highest BCUT2D eigenvalue weighted by Gasteiger charge is 2.10. The maximum Gasteiger partial charge on any atom is 0.335 e. The van der Waals surface area contributed by atoms with Crippen LogP contribution in [0.4, 0.5) is 4.39 Å². The van der Waals surface area contributed by atoms with E-state index in [1.165, 1.54) is 30.5 Å². The van der Waals surface area contributed by atoms with E-state index in [4.69, 9.17) is 14.3 Å². The van der Waals surface area contributed by atoms with Crippen LogP contribution in [0, 0.1) is 5.82 Å². The van der Waals surface area contributed by atoms with Gasteiger partial charge in [0.15, 0.2) is 0 Å². The smallest absolute Gasteiger partial charge is 0.335 e. The third-order valence-corrected chi connectivity index (χ3v) is 3.09. The first-order valence-corrected chi connectivity index (χ1v) is 6.25. The van der Waals surface area contributed by atoms with E-state index < -0.39 is 5.97 Å². The second-order valence-electron chi connectivity index (χ2n) is 4.52. The average Bonchev–Trinajstić information content (AvgIpc) is 2.87. The molecule has 3 aromatic rings. The Balaban J connectivity index is 1.86. The number of rotatable bonds is 4. The van der Waals surface area contributed by atoms with Gasteiger partial charge in [-0.15, -0.1) is 0 Å². The number of carboxylic acid groups (broad SMARTS) is 1. The lowest BCUT2D eigenvalue weighted by atomic mass is 10.1. The molecule has 1 aromatic heterocycles. The Morgan fingerprint density at radius 1 is 1.24 bits per heavy atom. The van der Waals surface area contributed by atoms with Crippen molar-refractivity contribution in [3.05, 3.63) is 65.7 Å². The average molecular weight is 286 g/mol. The number of furan rings is 1. The van der Waals surface area contributed by atoms with Crippen LogP contribution in [0.15, 0.2) is 53.1 Å². The molecule has 0 aliphatic heterocycles. The summed E-state index contributed by atoms with van der Waals surface area (Å²) in [6, 6.07) is 10.4. The third-order valence-electron chi connectivity index (χ3n) is 3.09. The standard InChI is InChI=1S/C16H11FO4/c17-12-2-1-3-13(7-12)20-8-11-9-21-15-5-4-10(16(18)19)6-14(11)15/h1-7,9H,8H2,(H,18,19). The summed E-state index contributed by atoms with van der Waals surface area (Å²) < 4.78 is 23.9. The normalized spacial score (nSPS) is 10.7. The van der Waals surface area contributed by atoms with Gasteiger partial charge in [0.2, 0.25) is 0 Å². The molecule has 3 rings (SSSR count). The van der Waals surface area contributed by atoms with Crippen LogP contribution in [0.2, 0.25) is 0 Å². The van der Waals surface area contributed by atoms with Crippen LogP contribution >= 0.6 is 0 Å². The zero-order valence-electron chi connectivity index (χ0n) is 10.9. The molecule has 106 valence electrons. The molecule has 21 heavy (non-hydrogen) atoms. The molecule has 0 spiro atoms. The molecule has 0 fully saturated rings.